The van der Waals surface area contributed by atoms with E-state index in [1.54, 1.807) is 6.26 Å². The van der Waals surface area contributed by atoms with E-state index < -0.39 is 0 Å². The van der Waals surface area contributed by atoms with E-state index in [1.165, 1.54) is 22.2 Å². The van der Waals surface area contributed by atoms with Crippen LogP contribution in [0, 0.1) is 0 Å². The van der Waals surface area contributed by atoms with E-state index in [2.05, 4.69) is 29.3 Å². The molecule has 4 aromatic rings. The number of furan rings is 1. The summed E-state index contributed by atoms with van der Waals surface area (Å²) in [5.41, 5.74) is 0.957. The van der Waals surface area contributed by atoms with Crippen LogP contribution in [-0.2, 0) is 4.79 Å². The first kappa shape index (κ1) is 13.5. The molecule has 3 nitrogen and oxygen atoms in total. The molecule has 1 aliphatic rings. The van der Waals surface area contributed by atoms with Gasteiger partial charge in [-0.25, -0.2) is 4.99 Å². The third-order valence-corrected chi connectivity index (χ3v) is 3.81. The highest BCUT2D eigenvalue weighted by molar-refractivity contribution is 6.06. The van der Waals surface area contributed by atoms with Crippen molar-refractivity contribution in [2.24, 2.45) is 4.99 Å². The number of hydrogen-bond acceptors (Lipinski definition) is 2. The Kier molecular flexibility index (Phi) is 3.24. The molecule has 1 aliphatic heterocycles. The van der Waals surface area contributed by atoms with Crippen LogP contribution in [0.4, 0.5) is 0 Å². The number of carbonyl (C=O) groups excluding carboxylic acids is 1. The number of rotatable bonds is 0. The largest absolute Gasteiger partial charge is 0.464 e. The van der Waals surface area contributed by atoms with E-state index >= 15 is 0 Å². The summed E-state index contributed by atoms with van der Waals surface area (Å²) in [5, 5.41) is 5.42. The van der Waals surface area contributed by atoms with Gasteiger partial charge in [0.1, 0.15) is 5.58 Å². The fourth-order valence-corrected chi connectivity index (χ4v) is 2.72. The summed E-state index contributed by atoms with van der Waals surface area (Å²) in [6.07, 6.45) is 3.27. The standard InChI is InChI=1S/C12H8O.C8H5NO/c1-2-4-10-9(3-1)5-6-12-11(10)7-8-13-12;10-8-5-6-3-1-2-4-7(6)9-8/h1-8H;1-5H. The van der Waals surface area contributed by atoms with Crippen LogP contribution >= 0.6 is 0 Å². The molecular formula is C20H13NO2. The van der Waals surface area contributed by atoms with Gasteiger partial charge in [0.2, 0.25) is 0 Å². The van der Waals surface area contributed by atoms with Gasteiger partial charge in [-0.1, -0.05) is 48.5 Å². The maximum atomic E-state index is 10.7. The number of para-hydroxylation sites is 1. The Morgan fingerprint density at radius 1 is 0.783 bits per heavy atom. The highest BCUT2D eigenvalue weighted by atomic mass is 16.3. The van der Waals surface area contributed by atoms with Gasteiger partial charge in [0.15, 0.2) is 0 Å². The summed E-state index contributed by atoms with van der Waals surface area (Å²) in [4.78, 5) is 14.4. The van der Waals surface area contributed by atoms with Crippen LogP contribution in [0.1, 0.15) is 0 Å². The topological polar surface area (TPSA) is 42.6 Å². The predicted octanol–water partition coefficient (Wildman–Crippen LogP) is 3.21. The molecule has 0 atom stereocenters. The van der Waals surface area contributed by atoms with Crippen LogP contribution in [0.2, 0.25) is 0 Å². The van der Waals surface area contributed by atoms with Gasteiger partial charge in [-0.05, 0) is 29.0 Å². The first-order valence-electron chi connectivity index (χ1n) is 7.36. The molecule has 0 N–H and O–H groups in total. The van der Waals surface area contributed by atoms with Crippen LogP contribution in [0.3, 0.4) is 0 Å². The van der Waals surface area contributed by atoms with Crippen molar-refractivity contribution in [3.05, 3.63) is 83.6 Å². The second-order valence-electron chi connectivity index (χ2n) is 5.27. The average molecular weight is 299 g/mol. The molecule has 0 bridgehead atoms. The molecule has 0 fully saturated rings. The summed E-state index contributed by atoms with van der Waals surface area (Å²) in [5.74, 6) is -0.152. The van der Waals surface area contributed by atoms with Gasteiger partial charge in [-0.3, -0.25) is 4.79 Å². The molecule has 0 saturated heterocycles. The Labute approximate surface area is 132 Å². The molecule has 0 aliphatic carbocycles. The molecule has 2 heterocycles. The average Bonchev–Trinajstić information content (AvgIpc) is 3.20. The minimum absolute atomic E-state index is 0.152. The van der Waals surface area contributed by atoms with Crippen molar-refractivity contribution in [2.45, 2.75) is 0 Å². The normalized spacial score (nSPS) is 12.3. The van der Waals surface area contributed by atoms with Crippen molar-refractivity contribution in [1.29, 1.82) is 0 Å². The Morgan fingerprint density at radius 3 is 2.52 bits per heavy atom. The molecule has 23 heavy (non-hydrogen) atoms. The smallest absolute Gasteiger partial charge is 0.270 e. The van der Waals surface area contributed by atoms with E-state index in [9.17, 15) is 4.79 Å². The minimum atomic E-state index is -0.152. The molecule has 0 saturated carbocycles. The minimum Gasteiger partial charge on any atom is -0.464 e. The Morgan fingerprint density at radius 2 is 1.61 bits per heavy atom. The van der Waals surface area contributed by atoms with Crippen molar-refractivity contribution in [2.75, 3.05) is 0 Å². The van der Waals surface area contributed by atoms with Gasteiger partial charge in [0.25, 0.3) is 5.91 Å². The van der Waals surface area contributed by atoms with Crippen LogP contribution < -0.4 is 10.6 Å². The summed E-state index contributed by atoms with van der Waals surface area (Å²) in [6, 6.07) is 21.9. The fourth-order valence-electron chi connectivity index (χ4n) is 2.72. The molecule has 5 rings (SSSR count). The molecule has 3 heteroatoms. The third-order valence-electron chi connectivity index (χ3n) is 3.81. The Hall–Kier alpha value is -3.20. The number of amides is 1. The highest BCUT2D eigenvalue weighted by Crippen LogP contribution is 2.25. The number of fused-ring (bicyclic) bond motifs is 4. The van der Waals surface area contributed by atoms with E-state index in [0.717, 1.165) is 16.2 Å². The van der Waals surface area contributed by atoms with E-state index in [-0.39, 0.29) is 5.91 Å². The monoisotopic (exact) mass is 299 g/mol. The molecule has 0 radical (unpaired) electrons. The van der Waals surface area contributed by atoms with E-state index in [0.29, 0.717) is 0 Å². The molecule has 0 spiro atoms. The quantitative estimate of drug-likeness (QED) is 0.500. The summed E-state index contributed by atoms with van der Waals surface area (Å²) in [7, 11) is 0. The lowest BCUT2D eigenvalue weighted by Gasteiger charge is -1.96. The van der Waals surface area contributed by atoms with Crippen molar-refractivity contribution >= 4 is 33.7 Å². The first-order valence-corrected chi connectivity index (χ1v) is 7.36. The number of benzene rings is 3. The molecular weight excluding hydrogens is 286 g/mol. The molecule has 3 aromatic carbocycles. The molecule has 0 unspecified atom stereocenters. The Balaban J connectivity index is 0.000000122. The zero-order valence-electron chi connectivity index (χ0n) is 12.3. The van der Waals surface area contributed by atoms with E-state index in [4.69, 9.17) is 4.42 Å². The van der Waals surface area contributed by atoms with Crippen LogP contribution in [0.15, 0.2) is 82.4 Å². The van der Waals surface area contributed by atoms with Crippen molar-refractivity contribution < 1.29 is 9.21 Å². The number of hydrogen-bond donors (Lipinski definition) is 0. The van der Waals surface area contributed by atoms with Crippen LogP contribution in [0.5, 0.6) is 0 Å². The van der Waals surface area contributed by atoms with E-state index in [1.807, 2.05) is 42.5 Å². The lowest BCUT2D eigenvalue weighted by Crippen LogP contribution is -2.19. The van der Waals surface area contributed by atoms with Crippen molar-refractivity contribution in [1.82, 2.24) is 0 Å². The molecule has 1 amide bonds. The van der Waals surface area contributed by atoms with Gasteiger partial charge >= 0.3 is 0 Å². The second kappa shape index (κ2) is 5.54. The highest BCUT2D eigenvalue weighted by Gasteiger charge is 2.00. The molecule has 110 valence electrons. The summed E-state index contributed by atoms with van der Waals surface area (Å²) >= 11 is 0. The van der Waals surface area contributed by atoms with Gasteiger partial charge in [0, 0.05) is 16.7 Å². The third kappa shape index (κ3) is 2.53. The lowest BCUT2D eigenvalue weighted by atomic mass is 10.1. The van der Waals surface area contributed by atoms with Crippen molar-refractivity contribution in [3.63, 3.8) is 0 Å². The number of nitrogens with zero attached hydrogens (tertiary/aromatic N) is 1. The maximum Gasteiger partial charge on any atom is 0.270 e. The first-order chi connectivity index (χ1) is 11.3. The summed E-state index contributed by atoms with van der Waals surface area (Å²) in [6.45, 7) is 0. The fraction of sp³-hybridized carbons (Fsp3) is 0. The number of carbonyl (C=O) groups is 1. The maximum absolute atomic E-state index is 10.7. The second-order valence-corrected chi connectivity index (χ2v) is 5.27. The van der Waals surface area contributed by atoms with Gasteiger partial charge in [-0.2, -0.15) is 0 Å². The predicted molar refractivity (Wildman–Crippen MR) is 90.4 cm³/mol. The van der Waals surface area contributed by atoms with Gasteiger partial charge in [-0.15, -0.1) is 0 Å². The lowest BCUT2D eigenvalue weighted by molar-refractivity contribution is -0.112. The zero-order chi connectivity index (χ0) is 15.6. The zero-order valence-corrected chi connectivity index (χ0v) is 12.3. The van der Waals surface area contributed by atoms with Crippen molar-refractivity contribution in [3.8, 4) is 0 Å². The van der Waals surface area contributed by atoms with Crippen LogP contribution in [-0.4, -0.2) is 5.91 Å². The van der Waals surface area contributed by atoms with Crippen LogP contribution in [0.25, 0.3) is 27.8 Å². The Bertz CT molecular complexity index is 1100. The SMILES string of the molecule is O=C1C=c2ccccc2=N1.c1ccc2c(c1)ccc1occc12. The van der Waals surface area contributed by atoms with Gasteiger partial charge < -0.3 is 4.42 Å². The van der Waals surface area contributed by atoms with Gasteiger partial charge in [0.05, 0.1) is 11.6 Å². The summed E-state index contributed by atoms with van der Waals surface area (Å²) < 4.78 is 5.33. The molecule has 1 aromatic heterocycles.